The lowest BCUT2D eigenvalue weighted by molar-refractivity contribution is 0.414. The van der Waals surface area contributed by atoms with Crippen molar-refractivity contribution >= 4 is 34.4 Å². The Bertz CT molecular complexity index is 1350. The van der Waals surface area contributed by atoms with Gasteiger partial charge in [-0.1, -0.05) is 54.2 Å². The number of methoxy groups -OCH3 is 1. The number of hydrogen-bond acceptors (Lipinski definition) is 6. The Kier molecular flexibility index (Phi) is 5.72. The number of nitrogens with one attached hydrogen (secondary N) is 2. The Labute approximate surface area is 190 Å². The average molecular weight is 440 g/mol. The van der Waals surface area contributed by atoms with Crippen LogP contribution in [0.4, 0.5) is 11.8 Å². The number of ether oxygens (including phenoxy) is 1. The Morgan fingerprint density at radius 2 is 1.75 bits per heavy atom. The van der Waals surface area contributed by atoms with Gasteiger partial charge >= 0.3 is 0 Å². The van der Waals surface area contributed by atoms with Crippen molar-refractivity contribution in [2.45, 2.75) is 16.3 Å². The van der Waals surface area contributed by atoms with Gasteiger partial charge in [-0.2, -0.15) is 5.10 Å². The normalized spacial score (nSPS) is 10.9. The monoisotopic (exact) mass is 439 g/mol. The van der Waals surface area contributed by atoms with Crippen LogP contribution in [-0.2, 0) is 6.42 Å². The fraction of sp³-hybridized carbons (Fsp3) is 0.0800. The van der Waals surface area contributed by atoms with Crippen LogP contribution in [0.1, 0.15) is 11.3 Å². The minimum Gasteiger partial charge on any atom is -0.497 e. The highest BCUT2D eigenvalue weighted by atomic mass is 32.2. The standard InChI is InChI=1S/C25H21N5OS/c1-31-19-9-7-8-17(15-19)14-18-16-23(32-20-10-3-2-4-11-20)27-25(26-18)28-24-21-12-5-6-13-22(21)29-30-24/h2-13,15-16H,14H2,1H3,(H2,26,27,28,29,30). The molecule has 5 rings (SSSR count). The number of benzene rings is 3. The summed E-state index contributed by atoms with van der Waals surface area (Å²) in [4.78, 5) is 10.6. The molecular weight excluding hydrogens is 418 g/mol. The third-order valence-corrected chi connectivity index (χ3v) is 5.87. The minimum atomic E-state index is 0.515. The molecule has 0 unspecified atom stereocenters. The second kappa shape index (κ2) is 9.11. The number of H-pyrrole nitrogens is 1. The van der Waals surface area contributed by atoms with E-state index in [4.69, 9.17) is 14.7 Å². The van der Waals surface area contributed by atoms with Crippen LogP contribution in [0, 0.1) is 0 Å². The first kappa shape index (κ1) is 20.1. The third-order valence-electron chi connectivity index (χ3n) is 4.94. The number of aromatic nitrogens is 4. The number of aromatic amines is 1. The molecule has 32 heavy (non-hydrogen) atoms. The van der Waals surface area contributed by atoms with E-state index in [0.29, 0.717) is 18.2 Å². The minimum absolute atomic E-state index is 0.515. The molecular formula is C25H21N5OS. The number of hydrogen-bond donors (Lipinski definition) is 2. The first-order valence-corrected chi connectivity index (χ1v) is 11.0. The summed E-state index contributed by atoms with van der Waals surface area (Å²) in [5.41, 5.74) is 2.99. The van der Waals surface area contributed by atoms with Crippen molar-refractivity contribution < 1.29 is 4.74 Å². The van der Waals surface area contributed by atoms with Gasteiger partial charge in [-0.25, -0.2) is 9.97 Å². The molecule has 0 saturated carbocycles. The lowest BCUT2D eigenvalue weighted by Gasteiger charge is -2.10. The van der Waals surface area contributed by atoms with Crippen molar-refractivity contribution in [3.05, 3.63) is 96.2 Å². The lowest BCUT2D eigenvalue weighted by atomic mass is 10.1. The van der Waals surface area contributed by atoms with E-state index < -0.39 is 0 Å². The maximum atomic E-state index is 5.37. The number of nitrogens with zero attached hydrogens (tertiary/aromatic N) is 3. The first-order valence-electron chi connectivity index (χ1n) is 10.2. The summed E-state index contributed by atoms with van der Waals surface area (Å²) in [7, 11) is 1.68. The van der Waals surface area contributed by atoms with Crippen LogP contribution in [0.3, 0.4) is 0 Å². The predicted molar refractivity (Wildman–Crippen MR) is 128 cm³/mol. The van der Waals surface area contributed by atoms with E-state index in [2.05, 4.69) is 33.7 Å². The van der Waals surface area contributed by atoms with Crippen LogP contribution in [0.2, 0.25) is 0 Å². The maximum absolute atomic E-state index is 5.37. The molecule has 0 aliphatic rings. The zero-order valence-corrected chi connectivity index (χ0v) is 18.3. The van der Waals surface area contributed by atoms with Crippen molar-refractivity contribution in [1.29, 1.82) is 0 Å². The highest BCUT2D eigenvalue weighted by molar-refractivity contribution is 7.99. The second-order valence-corrected chi connectivity index (χ2v) is 8.30. The number of rotatable bonds is 7. The predicted octanol–water partition coefficient (Wildman–Crippen LogP) is 5.85. The van der Waals surface area contributed by atoms with Gasteiger partial charge in [0.1, 0.15) is 10.8 Å². The van der Waals surface area contributed by atoms with E-state index >= 15 is 0 Å². The smallest absolute Gasteiger partial charge is 0.229 e. The molecule has 158 valence electrons. The molecule has 0 bridgehead atoms. The summed E-state index contributed by atoms with van der Waals surface area (Å²) < 4.78 is 5.37. The van der Waals surface area contributed by atoms with Crippen molar-refractivity contribution in [1.82, 2.24) is 20.2 Å². The lowest BCUT2D eigenvalue weighted by Crippen LogP contribution is -2.03. The van der Waals surface area contributed by atoms with Crippen LogP contribution >= 0.6 is 11.8 Å². The maximum Gasteiger partial charge on any atom is 0.229 e. The quantitative estimate of drug-likeness (QED) is 0.310. The van der Waals surface area contributed by atoms with E-state index in [9.17, 15) is 0 Å². The summed E-state index contributed by atoms with van der Waals surface area (Å²) in [5.74, 6) is 2.05. The third kappa shape index (κ3) is 4.58. The summed E-state index contributed by atoms with van der Waals surface area (Å²) in [6.07, 6.45) is 0.665. The molecule has 0 aliphatic carbocycles. The summed E-state index contributed by atoms with van der Waals surface area (Å²) in [5, 5.41) is 12.6. The molecule has 7 heteroatoms. The van der Waals surface area contributed by atoms with Crippen molar-refractivity contribution in [2.75, 3.05) is 12.4 Å². The Hall–Kier alpha value is -3.84. The average Bonchev–Trinajstić information content (AvgIpc) is 3.22. The second-order valence-electron chi connectivity index (χ2n) is 7.21. The number of anilines is 2. The van der Waals surface area contributed by atoms with E-state index in [1.54, 1.807) is 18.9 Å². The molecule has 3 aromatic carbocycles. The van der Waals surface area contributed by atoms with Crippen LogP contribution in [0.15, 0.2) is 94.9 Å². The first-order chi connectivity index (χ1) is 15.8. The zero-order valence-electron chi connectivity index (χ0n) is 17.4. The Balaban J connectivity index is 1.49. The van der Waals surface area contributed by atoms with Gasteiger partial charge in [0.25, 0.3) is 0 Å². The largest absolute Gasteiger partial charge is 0.497 e. The summed E-state index contributed by atoms with van der Waals surface area (Å²) >= 11 is 1.61. The number of para-hydroxylation sites is 1. The fourth-order valence-corrected chi connectivity index (χ4v) is 4.30. The van der Waals surface area contributed by atoms with Gasteiger partial charge in [0.2, 0.25) is 5.95 Å². The van der Waals surface area contributed by atoms with Crippen LogP contribution in [0.25, 0.3) is 10.9 Å². The molecule has 2 N–H and O–H groups in total. The van der Waals surface area contributed by atoms with Crippen molar-refractivity contribution in [2.24, 2.45) is 0 Å². The van der Waals surface area contributed by atoms with Gasteiger partial charge in [-0.15, -0.1) is 0 Å². The fourth-order valence-electron chi connectivity index (χ4n) is 3.44. The van der Waals surface area contributed by atoms with Crippen LogP contribution in [-0.4, -0.2) is 27.3 Å². The Morgan fingerprint density at radius 1 is 0.906 bits per heavy atom. The van der Waals surface area contributed by atoms with Gasteiger partial charge in [0, 0.05) is 16.7 Å². The molecule has 2 aromatic heterocycles. The molecule has 6 nitrogen and oxygen atoms in total. The molecule has 5 aromatic rings. The van der Waals surface area contributed by atoms with E-state index in [1.165, 1.54) is 0 Å². The molecule has 0 amide bonds. The van der Waals surface area contributed by atoms with E-state index in [1.807, 2.05) is 66.7 Å². The van der Waals surface area contributed by atoms with Gasteiger partial charge < -0.3 is 10.1 Å². The van der Waals surface area contributed by atoms with Crippen molar-refractivity contribution in [3.8, 4) is 5.75 Å². The van der Waals surface area contributed by atoms with E-state index in [0.717, 1.165) is 37.8 Å². The van der Waals surface area contributed by atoms with Gasteiger partial charge in [-0.3, -0.25) is 5.10 Å². The molecule has 2 heterocycles. The van der Waals surface area contributed by atoms with Gasteiger partial charge in [-0.05, 0) is 48.0 Å². The SMILES string of the molecule is COc1cccc(Cc2cc(Sc3ccccc3)nc(Nc3n[nH]c4ccccc34)n2)c1. The number of fused-ring (bicyclic) bond motifs is 1. The molecule has 0 fully saturated rings. The van der Waals surface area contributed by atoms with Crippen LogP contribution < -0.4 is 10.1 Å². The highest BCUT2D eigenvalue weighted by Crippen LogP contribution is 2.29. The van der Waals surface area contributed by atoms with Gasteiger partial charge in [0.05, 0.1) is 18.3 Å². The zero-order chi connectivity index (χ0) is 21.8. The molecule has 0 atom stereocenters. The Morgan fingerprint density at radius 3 is 2.62 bits per heavy atom. The van der Waals surface area contributed by atoms with E-state index in [-0.39, 0.29) is 0 Å². The topological polar surface area (TPSA) is 75.7 Å². The van der Waals surface area contributed by atoms with Crippen LogP contribution in [0.5, 0.6) is 5.75 Å². The van der Waals surface area contributed by atoms with Crippen molar-refractivity contribution in [3.63, 3.8) is 0 Å². The van der Waals surface area contributed by atoms with Gasteiger partial charge in [0.15, 0.2) is 5.82 Å². The highest BCUT2D eigenvalue weighted by Gasteiger charge is 2.11. The molecule has 0 saturated heterocycles. The molecule has 0 radical (unpaired) electrons. The summed E-state index contributed by atoms with van der Waals surface area (Å²) in [6, 6.07) is 28.2. The molecule has 0 spiro atoms. The summed E-state index contributed by atoms with van der Waals surface area (Å²) in [6.45, 7) is 0. The molecule has 0 aliphatic heterocycles.